The Balaban J connectivity index is 3.97. The number of unbranched alkanes of at least 4 members (excludes halogenated alkanes) is 1. The lowest BCUT2D eigenvalue weighted by atomic mass is 9.93. The van der Waals surface area contributed by atoms with Crippen molar-refractivity contribution in [2.24, 2.45) is 5.73 Å². The second-order valence-corrected chi connectivity index (χ2v) is 5.75. The van der Waals surface area contributed by atoms with Gasteiger partial charge in [-0.15, -0.1) is 0 Å². The Bertz CT molecular complexity index is 310. The summed E-state index contributed by atoms with van der Waals surface area (Å²) in [5, 5.41) is 3.14. The maximum absolute atomic E-state index is 12.1. The molecular formula is C14H28F3N3O. The zero-order chi connectivity index (χ0) is 16.5. The average Bonchev–Trinajstić information content (AvgIpc) is 2.38. The van der Waals surface area contributed by atoms with Gasteiger partial charge in [-0.2, -0.15) is 13.2 Å². The third-order valence-electron chi connectivity index (χ3n) is 3.55. The highest BCUT2D eigenvalue weighted by molar-refractivity contribution is 5.84. The molecule has 0 radical (unpaired) electrons. The molecule has 1 amide bonds. The molecule has 0 aliphatic heterocycles. The fourth-order valence-corrected chi connectivity index (χ4v) is 1.99. The van der Waals surface area contributed by atoms with E-state index in [1.54, 1.807) is 18.9 Å². The number of hydrogen-bond donors (Lipinski definition) is 2. The van der Waals surface area contributed by atoms with E-state index in [1.165, 1.54) is 0 Å². The molecule has 3 N–H and O–H groups in total. The monoisotopic (exact) mass is 311 g/mol. The summed E-state index contributed by atoms with van der Waals surface area (Å²) in [6, 6.07) is 0. The van der Waals surface area contributed by atoms with Crippen LogP contribution >= 0.6 is 0 Å². The third kappa shape index (κ3) is 9.68. The molecule has 0 aliphatic rings. The molecule has 0 fully saturated rings. The lowest BCUT2D eigenvalue weighted by Crippen LogP contribution is -2.53. The first-order valence-corrected chi connectivity index (χ1v) is 7.41. The molecule has 126 valence electrons. The summed E-state index contributed by atoms with van der Waals surface area (Å²) < 4.78 is 36.2. The number of nitrogens with zero attached hydrogens (tertiary/aromatic N) is 1. The van der Waals surface area contributed by atoms with Gasteiger partial charge < -0.3 is 16.0 Å². The average molecular weight is 311 g/mol. The Morgan fingerprint density at radius 1 is 1.19 bits per heavy atom. The molecule has 0 spiro atoms. The molecule has 1 atom stereocenters. The quantitative estimate of drug-likeness (QED) is 0.576. The molecule has 7 heteroatoms. The van der Waals surface area contributed by atoms with Crippen molar-refractivity contribution < 1.29 is 18.0 Å². The SMILES string of the molecule is CCCNC(C)(CCCCN(C)CCC(F)(F)F)C(N)=O. The minimum absolute atomic E-state index is 0.00463. The summed E-state index contributed by atoms with van der Waals surface area (Å²) in [6.45, 7) is 5.08. The second kappa shape index (κ2) is 9.25. The number of rotatable bonds is 11. The number of carbonyl (C=O) groups excluding carboxylic acids is 1. The normalized spacial score (nSPS) is 15.2. The van der Waals surface area contributed by atoms with Crippen LogP contribution in [0.4, 0.5) is 13.2 Å². The van der Waals surface area contributed by atoms with Gasteiger partial charge in [0.25, 0.3) is 0 Å². The van der Waals surface area contributed by atoms with Gasteiger partial charge in [-0.05, 0) is 52.7 Å². The highest BCUT2D eigenvalue weighted by atomic mass is 19.4. The van der Waals surface area contributed by atoms with Crippen molar-refractivity contribution in [3.05, 3.63) is 0 Å². The molecule has 0 saturated heterocycles. The van der Waals surface area contributed by atoms with Crippen molar-refractivity contribution in [3.8, 4) is 0 Å². The Morgan fingerprint density at radius 2 is 1.81 bits per heavy atom. The van der Waals surface area contributed by atoms with Crippen molar-refractivity contribution in [2.45, 2.75) is 57.7 Å². The first-order valence-electron chi connectivity index (χ1n) is 7.41. The molecule has 0 aromatic heterocycles. The smallest absolute Gasteiger partial charge is 0.368 e. The molecule has 0 aromatic carbocycles. The second-order valence-electron chi connectivity index (χ2n) is 5.75. The maximum atomic E-state index is 12.1. The van der Waals surface area contributed by atoms with Crippen molar-refractivity contribution >= 4 is 5.91 Å². The lowest BCUT2D eigenvalue weighted by molar-refractivity contribution is -0.137. The van der Waals surface area contributed by atoms with Crippen molar-refractivity contribution in [2.75, 3.05) is 26.7 Å². The lowest BCUT2D eigenvalue weighted by Gasteiger charge is -2.28. The van der Waals surface area contributed by atoms with Gasteiger partial charge in [0.15, 0.2) is 0 Å². The van der Waals surface area contributed by atoms with Crippen LogP contribution in [0.15, 0.2) is 0 Å². The first-order chi connectivity index (χ1) is 9.60. The van der Waals surface area contributed by atoms with Crippen LogP contribution < -0.4 is 11.1 Å². The van der Waals surface area contributed by atoms with Gasteiger partial charge in [0, 0.05) is 6.54 Å². The topological polar surface area (TPSA) is 58.4 Å². The van der Waals surface area contributed by atoms with Crippen LogP contribution in [0, 0.1) is 0 Å². The van der Waals surface area contributed by atoms with E-state index in [1.807, 2.05) is 6.92 Å². The molecule has 4 nitrogen and oxygen atoms in total. The zero-order valence-corrected chi connectivity index (χ0v) is 13.2. The van der Waals surface area contributed by atoms with Gasteiger partial charge in [0.1, 0.15) is 0 Å². The van der Waals surface area contributed by atoms with Crippen LogP contribution in [0.2, 0.25) is 0 Å². The predicted molar refractivity (Wildman–Crippen MR) is 77.9 cm³/mol. The molecular weight excluding hydrogens is 283 g/mol. The largest absolute Gasteiger partial charge is 0.390 e. The standard InChI is InChI=1S/C14H28F3N3O/c1-4-9-19-13(2,12(18)21)7-5-6-10-20(3)11-8-14(15,16)17/h19H,4-11H2,1-3H3,(H2,18,21). The van der Waals surface area contributed by atoms with E-state index in [2.05, 4.69) is 5.32 Å². The highest BCUT2D eigenvalue weighted by Gasteiger charge is 2.29. The number of amides is 1. The third-order valence-corrected chi connectivity index (χ3v) is 3.55. The maximum Gasteiger partial charge on any atom is 0.390 e. The number of nitrogens with two attached hydrogens (primary N) is 1. The van der Waals surface area contributed by atoms with E-state index < -0.39 is 18.1 Å². The van der Waals surface area contributed by atoms with Gasteiger partial charge in [-0.1, -0.05) is 6.92 Å². The van der Waals surface area contributed by atoms with Crippen molar-refractivity contribution in [1.29, 1.82) is 0 Å². The summed E-state index contributed by atoms with van der Waals surface area (Å²) in [7, 11) is 1.67. The summed E-state index contributed by atoms with van der Waals surface area (Å²) >= 11 is 0. The van der Waals surface area contributed by atoms with Crippen LogP contribution in [-0.4, -0.2) is 49.2 Å². The fraction of sp³-hybridized carbons (Fsp3) is 0.929. The molecule has 0 bridgehead atoms. The summed E-state index contributed by atoms with van der Waals surface area (Å²) in [5.41, 5.74) is 4.68. The number of nitrogens with one attached hydrogen (secondary N) is 1. The van der Waals surface area contributed by atoms with Crippen LogP contribution in [-0.2, 0) is 4.79 Å². The Hall–Kier alpha value is -0.820. The number of primary amides is 1. The van der Waals surface area contributed by atoms with Crippen LogP contribution in [0.3, 0.4) is 0 Å². The minimum Gasteiger partial charge on any atom is -0.368 e. The van der Waals surface area contributed by atoms with Crippen molar-refractivity contribution in [3.63, 3.8) is 0 Å². The van der Waals surface area contributed by atoms with Crippen LogP contribution in [0.25, 0.3) is 0 Å². The van der Waals surface area contributed by atoms with Gasteiger partial charge in [0.05, 0.1) is 12.0 Å². The predicted octanol–water partition coefficient (Wildman–Crippen LogP) is 2.28. The number of hydrogen-bond acceptors (Lipinski definition) is 3. The molecule has 1 unspecified atom stereocenters. The number of alkyl halides is 3. The zero-order valence-electron chi connectivity index (χ0n) is 13.2. The highest BCUT2D eigenvalue weighted by Crippen LogP contribution is 2.19. The molecule has 0 heterocycles. The van der Waals surface area contributed by atoms with Crippen LogP contribution in [0.1, 0.15) is 46.0 Å². The van der Waals surface area contributed by atoms with E-state index in [9.17, 15) is 18.0 Å². The van der Waals surface area contributed by atoms with Crippen molar-refractivity contribution in [1.82, 2.24) is 10.2 Å². The van der Waals surface area contributed by atoms with E-state index in [4.69, 9.17) is 5.73 Å². The summed E-state index contributed by atoms with van der Waals surface area (Å²) in [6.07, 6.45) is -1.92. The van der Waals surface area contributed by atoms with Gasteiger partial charge in [-0.25, -0.2) is 0 Å². The number of halogens is 3. The first kappa shape index (κ1) is 20.2. The Morgan fingerprint density at radius 3 is 2.29 bits per heavy atom. The van der Waals surface area contributed by atoms with Gasteiger partial charge in [0.2, 0.25) is 5.91 Å². The van der Waals surface area contributed by atoms with Gasteiger partial charge >= 0.3 is 6.18 Å². The van der Waals surface area contributed by atoms with E-state index >= 15 is 0 Å². The van der Waals surface area contributed by atoms with Gasteiger partial charge in [-0.3, -0.25) is 4.79 Å². The summed E-state index contributed by atoms with van der Waals surface area (Å²) in [4.78, 5) is 13.2. The molecule has 0 saturated carbocycles. The summed E-state index contributed by atoms with van der Waals surface area (Å²) in [5.74, 6) is -0.388. The van der Waals surface area contributed by atoms with E-state index in [-0.39, 0.29) is 12.5 Å². The molecule has 0 aromatic rings. The fourth-order valence-electron chi connectivity index (χ4n) is 1.99. The van der Waals surface area contributed by atoms with E-state index in [0.29, 0.717) is 19.5 Å². The Labute approximate surface area is 125 Å². The molecule has 0 rings (SSSR count). The molecule has 0 aliphatic carbocycles. The Kier molecular flexibility index (Phi) is 8.89. The van der Waals surface area contributed by atoms with E-state index in [0.717, 1.165) is 19.3 Å². The number of carbonyl (C=O) groups is 1. The minimum atomic E-state index is -4.11. The molecule has 21 heavy (non-hydrogen) atoms. The van der Waals surface area contributed by atoms with Crippen LogP contribution in [0.5, 0.6) is 0 Å².